The summed E-state index contributed by atoms with van der Waals surface area (Å²) >= 11 is 6.02. The molecule has 3 aromatic rings. The van der Waals surface area contributed by atoms with E-state index in [4.69, 9.17) is 36.0 Å². The number of halogens is 4. The van der Waals surface area contributed by atoms with Gasteiger partial charge in [0, 0.05) is 31.3 Å². The Balaban J connectivity index is 0.000000405. The van der Waals surface area contributed by atoms with Gasteiger partial charge in [-0.2, -0.15) is 18.3 Å². The summed E-state index contributed by atoms with van der Waals surface area (Å²) in [5.41, 5.74) is 0.507. The monoisotopic (exact) mass is 543 g/mol. The standard InChI is InChI=1S/C21H24ClN5O3.C2HF3O2/c1-13(26-11-17(12-26)30-16-4-2-3-14(22)9-16)19-24-20-18(21(28)25-19)10-23-27(20)15-5-7-29-8-6-15;3-2(4,5)1(6)7/h2-4,9-10,13,15,17H,5-8,11-12H2,1H3,(H,24,25,28);(H,6,7). The molecule has 1 unspecified atom stereocenters. The number of ether oxygens (including phenoxy) is 2. The van der Waals surface area contributed by atoms with Gasteiger partial charge in [0.2, 0.25) is 0 Å². The Bertz CT molecular complexity index is 1300. The van der Waals surface area contributed by atoms with E-state index in [-0.39, 0.29) is 23.7 Å². The van der Waals surface area contributed by atoms with Crippen molar-refractivity contribution in [2.75, 3.05) is 26.3 Å². The van der Waals surface area contributed by atoms with Crippen LogP contribution < -0.4 is 10.3 Å². The van der Waals surface area contributed by atoms with Crippen molar-refractivity contribution < 1.29 is 32.5 Å². The van der Waals surface area contributed by atoms with Crippen LogP contribution in [0, 0.1) is 0 Å². The molecule has 1 atom stereocenters. The average Bonchev–Trinajstić information content (AvgIpc) is 3.26. The lowest BCUT2D eigenvalue weighted by Crippen LogP contribution is -2.54. The maximum absolute atomic E-state index is 12.6. The van der Waals surface area contributed by atoms with Crippen molar-refractivity contribution >= 4 is 28.6 Å². The largest absolute Gasteiger partial charge is 0.490 e. The van der Waals surface area contributed by atoms with Crippen LogP contribution in [-0.4, -0.2) is 74.3 Å². The van der Waals surface area contributed by atoms with E-state index in [1.165, 1.54) is 0 Å². The minimum absolute atomic E-state index is 0.0284. The zero-order valence-electron chi connectivity index (χ0n) is 19.7. The molecule has 2 aliphatic heterocycles. The van der Waals surface area contributed by atoms with Gasteiger partial charge in [-0.3, -0.25) is 9.69 Å². The highest BCUT2D eigenvalue weighted by Gasteiger charge is 2.38. The number of fused-ring (bicyclic) bond motifs is 1. The Kier molecular flexibility index (Phi) is 8.05. The molecule has 1 aromatic carbocycles. The quantitative estimate of drug-likeness (QED) is 0.501. The van der Waals surface area contributed by atoms with Crippen LogP contribution in [0.2, 0.25) is 5.02 Å². The molecule has 2 aliphatic rings. The van der Waals surface area contributed by atoms with Gasteiger partial charge in [0.1, 0.15) is 23.1 Å². The van der Waals surface area contributed by atoms with E-state index in [9.17, 15) is 18.0 Å². The summed E-state index contributed by atoms with van der Waals surface area (Å²) < 4.78 is 45.1. The smallest absolute Gasteiger partial charge is 0.488 e. The molecule has 0 saturated carbocycles. The molecule has 10 nitrogen and oxygen atoms in total. The molecule has 0 amide bonds. The molecular weight excluding hydrogens is 519 g/mol. The fourth-order valence-corrected chi connectivity index (χ4v) is 4.29. The fraction of sp³-hybridized carbons (Fsp3) is 0.478. The summed E-state index contributed by atoms with van der Waals surface area (Å²) in [5.74, 6) is -1.33. The number of likely N-dealkylation sites (tertiary alicyclic amines) is 1. The highest BCUT2D eigenvalue weighted by atomic mass is 35.5. The van der Waals surface area contributed by atoms with E-state index in [1.807, 2.05) is 28.9 Å². The Morgan fingerprint density at radius 3 is 2.59 bits per heavy atom. The summed E-state index contributed by atoms with van der Waals surface area (Å²) in [6.07, 6.45) is -1.62. The lowest BCUT2D eigenvalue weighted by molar-refractivity contribution is -0.192. The van der Waals surface area contributed by atoms with Gasteiger partial charge in [-0.1, -0.05) is 17.7 Å². The maximum atomic E-state index is 12.6. The van der Waals surface area contributed by atoms with Crippen LogP contribution in [0.25, 0.3) is 11.0 Å². The molecule has 0 spiro atoms. The molecule has 14 heteroatoms. The van der Waals surface area contributed by atoms with Gasteiger partial charge in [0.25, 0.3) is 5.56 Å². The molecule has 2 N–H and O–H groups in total. The second-order valence-corrected chi connectivity index (χ2v) is 9.19. The van der Waals surface area contributed by atoms with Crippen LogP contribution in [0.15, 0.2) is 35.3 Å². The maximum Gasteiger partial charge on any atom is 0.490 e. The molecule has 2 fully saturated rings. The molecule has 2 aromatic heterocycles. The first-order chi connectivity index (χ1) is 17.5. The number of rotatable bonds is 5. The molecule has 4 heterocycles. The lowest BCUT2D eigenvalue weighted by atomic mass is 10.1. The predicted octanol–water partition coefficient (Wildman–Crippen LogP) is 3.58. The molecule has 0 bridgehead atoms. The first-order valence-corrected chi connectivity index (χ1v) is 11.9. The predicted molar refractivity (Wildman–Crippen MR) is 127 cm³/mol. The van der Waals surface area contributed by atoms with Gasteiger partial charge in [0.05, 0.1) is 18.3 Å². The van der Waals surface area contributed by atoms with Crippen LogP contribution in [-0.2, 0) is 9.53 Å². The van der Waals surface area contributed by atoms with Crippen LogP contribution in [0.4, 0.5) is 13.2 Å². The van der Waals surface area contributed by atoms with E-state index in [2.05, 4.69) is 21.9 Å². The van der Waals surface area contributed by atoms with Crippen molar-refractivity contribution in [2.24, 2.45) is 0 Å². The molecule has 200 valence electrons. The first kappa shape index (κ1) is 26.9. The van der Waals surface area contributed by atoms with Crippen molar-refractivity contribution in [1.82, 2.24) is 24.6 Å². The Hall–Kier alpha value is -3.16. The van der Waals surface area contributed by atoms with Gasteiger partial charge in [-0.05, 0) is 38.0 Å². The summed E-state index contributed by atoms with van der Waals surface area (Å²) in [4.78, 5) is 31.5. The fourth-order valence-electron chi connectivity index (χ4n) is 4.11. The third-order valence-corrected chi connectivity index (χ3v) is 6.41. The number of aliphatic carboxylic acids is 1. The number of aromatic amines is 1. The van der Waals surface area contributed by atoms with Gasteiger partial charge in [-0.25, -0.2) is 14.5 Å². The average molecular weight is 544 g/mol. The number of carboxylic acid groups (broad SMARTS) is 1. The van der Waals surface area contributed by atoms with E-state index in [1.54, 1.807) is 6.20 Å². The van der Waals surface area contributed by atoms with E-state index in [0.29, 0.717) is 35.1 Å². The Labute approximate surface area is 213 Å². The molecule has 2 saturated heterocycles. The second kappa shape index (κ2) is 11.1. The number of hydrogen-bond acceptors (Lipinski definition) is 7. The van der Waals surface area contributed by atoms with Crippen LogP contribution >= 0.6 is 11.6 Å². The summed E-state index contributed by atoms with van der Waals surface area (Å²) in [5, 5.41) is 12.8. The van der Waals surface area contributed by atoms with Crippen LogP contribution in [0.3, 0.4) is 0 Å². The molecule has 37 heavy (non-hydrogen) atoms. The number of aromatic nitrogens is 4. The Morgan fingerprint density at radius 1 is 1.30 bits per heavy atom. The minimum Gasteiger partial charge on any atom is -0.488 e. The third-order valence-electron chi connectivity index (χ3n) is 6.18. The lowest BCUT2D eigenvalue weighted by Gasteiger charge is -2.42. The number of H-pyrrole nitrogens is 1. The van der Waals surface area contributed by atoms with Gasteiger partial charge in [-0.15, -0.1) is 0 Å². The van der Waals surface area contributed by atoms with Crippen molar-refractivity contribution in [3.05, 3.63) is 51.7 Å². The number of carboxylic acids is 1. The molecule has 5 rings (SSSR count). The summed E-state index contributed by atoms with van der Waals surface area (Å²) in [6, 6.07) is 7.61. The zero-order valence-corrected chi connectivity index (χ0v) is 20.5. The van der Waals surface area contributed by atoms with Crippen molar-refractivity contribution in [2.45, 2.75) is 44.1 Å². The molecule has 0 aliphatic carbocycles. The zero-order chi connectivity index (χ0) is 26.7. The summed E-state index contributed by atoms with van der Waals surface area (Å²) in [7, 11) is 0. The first-order valence-electron chi connectivity index (χ1n) is 11.5. The van der Waals surface area contributed by atoms with E-state index < -0.39 is 12.1 Å². The van der Waals surface area contributed by atoms with Crippen molar-refractivity contribution in [3.63, 3.8) is 0 Å². The van der Waals surface area contributed by atoms with Gasteiger partial charge < -0.3 is 19.6 Å². The van der Waals surface area contributed by atoms with E-state index >= 15 is 0 Å². The molecular formula is C23H25ClF3N5O5. The SMILES string of the molecule is CC(c1nc2c(cnn2C2CCOCC2)c(=O)[nH]1)N1CC(Oc2cccc(Cl)c2)C1.O=C(O)C(F)(F)F. The topological polar surface area (TPSA) is 123 Å². The summed E-state index contributed by atoms with van der Waals surface area (Å²) in [6.45, 7) is 4.98. The van der Waals surface area contributed by atoms with Crippen LogP contribution in [0.1, 0.15) is 37.7 Å². The Morgan fingerprint density at radius 2 is 1.97 bits per heavy atom. The number of nitrogens with one attached hydrogen (secondary N) is 1. The number of hydrogen-bond donors (Lipinski definition) is 2. The highest BCUT2D eigenvalue weighted by molar-refractivity contribution is 6.30. The van der Waals surface area contributed by atoms with E-state index in [0.717, 1.165) is 31.7 Å². The van der Waals surface area contributed by atoms with Gasteiger partial charge in [0.15, 0.2) is 5.65 Å². The van der Waals surface area contributed by atoms with Gasteiger partial charge >= 0.3 is 12.1 Å². The third kappa shape index (κ3) is 6.40. The number of alkyl halides is 3. The number of carbonyl (C=O) groups is 1. The second-order valence-electron chi connectivity index (χ2n) is 8.75. The highest BCUT2D eigenvalue weighted by Crippen LogP contribution is 2.28. The molecule has 0 radical (unpaired) electrons. The van der Waals surface area contributed by atoms with Crippen molar-refractivity contribution in [1.29, 1.82) is 0 Å². The normalized spacial score (nSPS) is 18.1. The van der Waals surface area contributed by atoms with Crippen molar-refractivity contribution in [3.8, 4) is 5.75 Å². The number of nitrogens with zero attached hydrogens (tertiary/aromatic N) is 4. The minimum atomic E-state index is -5.08. The number of benzene rings is 1. The van der Waals surface area contributed by atoms with Crippen LogP contribution in [0.5, 0.6) is 5.75 Å².